The summed E-state index contributed by atoms with van der Waals surface area (Å²) < 4.78 is 6.65. The van der Waals surface area contributed by atoms with Crippen LogP contribution < -0.4 is 10.5 Å². The highest BCUT2D eigenvalue weighted by Gasteiger charge is 2.24. The number of methoxy groups -OCH3 is 1. The lowest BCUT2D eigenvalue weighted by molar-refractivity contribution is 0.0708. The zero-order valence-electron chi connectivity index (χ0n) is 10.2. The summed E-state index contributed by atoms with van der Waals surface area (Å²) in [4.78, 5) is 13.9. The number of hydrogen-bond acceptors (Lipinski definition) is 4. The first-order valence-corrected chi connectivity index (χ1v) is 5.74. The Labute approximate surface area is 100 Å². The van der Waals surface area contributed by atoms with E-state index in [9.17, 15) is 4.79 Å². The van der Waals surface area contributed by atoms with Crippen molar-refractivity contribution in [1.29, 1.82) is 0 Å². The summed E-state index contributed by atoms with van der Waals surface area (Å²) in [7, 11) is 3.31. The van der Waals surface area contributed by atoms with Crippen LogP contribution in [-0.4, -0.2) is 46.8 Å². The van der Waals surface area contributed by atoms with E-state index in [1.165, 1.54) is 0 Å². The summed E-state index contributed by atoms with van der Waals surface area (Å²) in [6.07, 6.45) is 1.71. The molecular weight excluding hydrogens is 220 g/mol. The van der Waals surface area contributed by atoms with Crippen molar-refractivity contribution in [2.75, 3.05) is 20.2 Å². The standard InChI is InChI=1S/C11H18N4O2/c1-14-10(17-2)7-9(13-14)11(16)15-5-3-8(12)4-6-15/h7-8H,3-6,12H2,1-2H3. The van der Waals surface area contributed by atoms with Crippen LogP contribution in [0.2, 0.25) is 0 Å². The lowest BCUT2D eigenvalue weighted by Crippen LogP contribution is -2.43. The van der Waals surface area contributed by atoms with Gasteiger partial charge in [0.25, 0.3) is 5.91 Å². The lowest BCUT2D eigenvalue weighted by Gasteiger charge is -2.29. The van der Waals surface area contributed by atoms with Crippen molar-refractivity contribution in [2.24, 2.45) is 12.8 Å². The molecule has 2 N–H and O–H groups in total. The van der Waals surface area contributed by atoms with Crippen LogP contribution in [0.15, 0.2) is 6.07 Å². The number of aryl methyl sites for hydroxylation is 1. The first-order chi connectivity index (χ1) is 8.11. The summed E-state index contributed by atoms with van der Waals surface area (Å²) in [5, 5.41) is 4.14. The van der Waals surface area contributed by atoms with Gasteiger partial charge in [0.05, 0.1) is 7.11 Å². The monoisotopic (exact) mass is 238 g/mol. The third-order valence-electron chi connectivity index (χ3n) is 3.09. The van der Waals surface area contributed by atoms with E-state index in [2.05, 4.69) is 5.10 Å². The molecule has 6 nitrogen and oxygen atoms in total. The van der Waals surface area contributed by atoms with E-state index < -0.39 is 0 Å². The highest BCUT2D eigenvalue weighted by atomic mass is 16.5. The van der Waals surface area contributed by atoms with Gasteiger partial charge < -0.3 is 15.4 Å². The molecule has 1 amide bonds. The minimum atomic E-state index is -0.0456. The molecule has 1 saturated heterocycles. The number of likely N-dealkylation sites (tertiary alicyclic amines) is 1. The van der Waals surface area contributed by atoms with E-state index in [-0.39, 0.29) is 11.9 Å². The topological polar surface area (TPSA) is 73.4 Å². The Morgan fingerprint density at radius 3 is 2.71 bits per heavy atom. The van der Waals surface area contributed by atoms with Crippen molar-refractivity contribution < 1.29 is 9.53 Å². The third kappa shape index (κ3) is 2.41. The predicted octanol–water partition coefficient (Wildman–Crippen LogP) is -0.00800. The Hall–Kier alpha value is -1.56. The Morgan fingerprint density at radius 1 is 1.53 bits per heavy atom. The van der Waals surface area contributed by atoms with E-state index in [1.807, 2.05) is 0 Å². The van der Waals surface area contributed by atoms with Crippen LogP contribution in [0.4, 0.5) is 0 Å². The van der Waals surface area contributed by atoms with E-state index in [0.717, 1.165) is 12.8 Å². The van der Waals surface area contributed by atoms with Gasteiger partial charge >= 0.3 is 0 Å². The summed E-state index contributed by atoms with van der Waals surface area (Å²) in [5.41, 5.74) is 6.24. The van der Waals surface area contributed by atoms with Crippen LogP contribution in [-0.2, 0) is 7.05 Å². The molecule has 0 unspecified atom stereocenters. The maximum Gasteiger partial charge on any atom is 0.274 e. The molecule has 1 aromatic heterocycles. The van der Waals surface area contributed by atoms with Crippen molar-refractivity contribution in [1.82, 2.24) is 14.7 Å². The molecular formula is C11H18N4O2. The van der Waals surface area contributed by atoms with Gasteiger partial charge in [-0.25, -0.2) is 4.68 Å². The number of hydrogen-bond donors (Lipinski definition) is 1. The van der Waals surface area contributed by atoms with Gasteiger partial charge in [0.15, 0.2) is 5.69 Å². The van der Waals surface area contributed by atoms with Crippen molar-refractivity contribution in [3.05, 3.63) is 11.8 Å². The maximum atomic E-state index is 12.1. The first kappa shape index (κ1) is 11.9. The Balaban J connectivity index is 2.08. The van der Waals surface area contributed by atoms with Gasteiger partial charge in [0.2, 0.25) is 5.88 Å². The SMILES string of the molecule is COc1cc(C(=O)N2CCC(N)CC2)nn1C. The molecule has 94 valence electrons. The quantitative estimate of drug-likeness (QED) is 0.786. The van der Waals surface area contributed by atoms with Crippen molar-refractivity contribution in [3.8, 4) is 5.88 Å². The second kappa shape index (κ2) is 4.75. The molecule has 0 aromatic carbocycles. The fourth-order valence-electron chi connectivity index (χ4n) is 2.01. The molecule has 0 atom stereocenters. The van der Waals surface area contributed by atoms with Gasteiger partial charge in [-0.05, 0) is 12.8 Å². The molecule has 0 spiro atoms. The highest BCUT2D eigenvalue weighted by molar-refractivity contribution is 5.92. The van der Waals surface area contributed by atoms with E-state index >= 15 is 0 Å². The molecule has 0 aliphatic carbocycles. The van der Waals surface area contributed by atoms with Gasteiger partial charge in [0.1, 0.15) is 0 Å². The molecule has 2 heterocycles. The molecule has 0 bridgehead atoms. The van der Waals surface area contributed by atoms with Crippen molar-refractivity contribution >= 4 is 5.91 Å². The van der Waals surface area contributed by atoms with Crippen LogP contribution in [0.1, 0.15) is 23.3 Å². The van der Waals surface area contributed by atoms with Crippen LogP contribution >= 0.6 is 0 Å². The Kier molecular flexibility index (Phi) is 3.33. The lowest BCUT2D eigenvalue weighted by atomic mass is 10.1. The molecule has 2 rings (SSSR count). The largest absolute Gasteiger partial charge is 0.481 e. The summed E-state index contributed by atoms with van der Waals surface area (Å²) in [6.45, 7) is 1.41. The number of ether oxygens (including phenoxy) is 1. The van der Waals surface area contributed by atoms with E-state index in [1.54, 1.807) is 29.8 Å². The zero-order chi connectivity index (χ0) is 12.4. The molecule has 0 saturated carbocycles. The van der Waals surface area contributed by atoms with Crippen LogP contribution in [0.25, 0.3) is 0 Å². The summed E-state index contributed by atoms with van der Waals surface area (Å²) in [5.74, 6) is 0.540. The van der Waals surface area contributed by atoms with Crippen LogP contribution in [0, 0.1) is 0 Å². The maximum absolute atomic E-state index is 12.1. The third-order valence-corrected chi connectivity index (χ3v) is 3.09. The molecule has 1 aliphatic rings. The molecule has 1 aliphatic heterocycles. The number of nitrogens with two attached hydrogens (primary N) is 1. The summed E-state index contributed by atoms with van der Waals surface area (Å²) >= 11 is 0. The number of carbonyl (C=O) groups is 1. The predicted molar refractivity (Wildman–Crippen MR) is 62.9 cm³/mol. The van der Waals surface area contributed by atoms with Gasteiger partial charge in [-0.3, -0.25) is 4.79 Å². The number of piperidine rings is 1. The average molecular weight is 238 g/mol. The average Bonchev–Trinajstić information content (AvgIpc) is 2.70. The Morgan fingerprint density at radius 2 is 2.18 bits per heavy atom. The van der Waals surface area contributed by atoms with Gasteiger partial charge in [-0.15, -0.1) is 0 Å². The smallest absolute Gasteiger partial charge is 0.274 e. The number of amides is 1. The van der Waals surface area contributed by atoms with Gasteiger partial charge in [0, 0.05) is 32.2 Å². The van der Waals surface area contributed by atoms with Gasteiger partial charge in [-0.2, -0.15) is 5.10 Å². The van der Waals surface area contributed by atoms with E-state index in [4.69, 9.17) is 10.5 Å². The normalized spacial score (nSPS) is 17.2. The first-order valence-electron chi connectivity index (χ1n) is 5.74. The fraction of sp³-hybridized carbons (Fsp3) is 0.636. The van der Waals surface area contributed by atoms with E-state index in [0.29, 0.717) is 24.7 Å². The number of aromatic nitrogens is 2. The van der Waals surface area contributed by atoms with Gasteiger partial charge in [-0.1, -0.05) is 0 Å². The highest BCUT2D eigenvalue weighted by Crippen LogP contribution is 2.16. The molecule has 6 heteroatoms. The zero-order valence-corrected chi connectivity index (χ0v) is 10.2. The fourth-order valence-corrected chi connectivity index (χ4v) is 2.01. The molecule has 1 fully saturated rings. The minimum absolute atomic E-state index is 0.0456. The van der Waals surface area contributed by atoms with Crippen LogP contribution in [0.3, 0.4) is 0 Å². The number of nitrogens with zero attached hydrogens (tertiary/aromatic N) is 3. The molecule has 0 radical (unpaired) electrons. The number of carbonyl (C=O) groups excluding carboxylic acids is 1. The summed E-state index contributed by atoms with van der Waals surface area (Å²) in [6, 6.07) is 1.88. The Bertz CT molecular complexity index is 408. The molecule has 17 heavy (non-hydrogen) atoms. The van der Waals surface area contributed by atoms with Crippen molar-refractivity contribution in [2.45, 2.75) is 18.9 Å². The second-order valence-corrected chi connectivity index (χ2v) is 4.33. The molecule has 1 aromatic rings. The minimum Gasteiger partial charge on any atom is -0.481 e. The number of rotatable bonds is 2. The van der Waals surface area contributed by atoms with Crippen LogP contribution in [0.5, 0.6) is 5.88 Å². The second-order valence-electron chi connectivity index (χ2n) is 4.33. The van der Waals surface area contributed by atoms with Crippen molar-refractivity contribution in [3.63, 3.8) is 0 Å².